The minimum atomic E-state index is -4.03. The van der Waals surface area contributed by atoms with Gasteiger partial charge in [-0.15, -0.1) is 10.2 Å². The lowest BCUT2D eigenvalue weighted by molar-refractivity contribution is -0.167. The van der Waals surface area contributed by atoms with Gasteiger partial charge in [0.15, 0.2) is 0 Å². The maximum absolute atomic E-state index is 12.8. The molecule has 7 heteroatoms. The van der Waals surface area contributed by atoms with E-state index in [-0.39, 0.29) is 5.88 Å². The molecular weight excluding hydrogens is 198 g/mol. The lowest BCUT2D eigenvalue weighted by Crippen LogP contribution is -2.26. The molecule has 0 fully saturated rings. The molecule has 1 heterocycles. The zero-order valence-corrected chi connectivity index (χ0v) is 7.07. The second-order valence-corrected chi connectivity index (χ2v) is 2.34. The highest BCUT2D eigenvalue weighted by molar-refractivity contribution is 5.76. The van der Waals surface area contributed by atoms with Crippen LogP contribution in [0, 0.1) is 0 Å². The number of ether oxygens (including phenoxy) is 1. The molecule has 0 amide bonds. The summed E-state index contributed by atoms with van der Waals surface area (Å²) in [5.74, 6) is -6.26. The van der Waals surface area contributed by atoms with Gasteiger partial charge in [0.25, 0.3) is 0 Å². The van der Waals surface area contributed by atoms with Crippen molar-refractivity contribution >= 4 is 5.97 Å². The second kappa shape index (κ2) is 3.52. The standard InChI is InChI=1S/C7H6F2N2O3/c1-14-5-3-2-4(10-11-5)7(8,9)6(12)13/h2-3H,1H3,(H,12,13). The van der Waals surface area contributed by atoms with Gasteiger partial charge in [-0.25, -0.2) is 4.79 Å². The number of rotatable bonds is 3. The topological polar surface area (TPSA) is 72.3 Å². The summed E-state index contributed by atoms with van der Waals surface area (Å²) in [5, 5.41) is 14.4. The Morgan fingerprint density at radius 2 is 2.14 bits per heavy atom. The van der Waals surface area contributed by atoms with Crippen LogP contribution in [-0.2, 0) is 10.7 Å². The van der Waals surface area contributed by atoms with Crippen molar-refractivity contribution in [1.29, 1.82) is 0 Å². The summed E-state index contributed by atoms with van der Waals surface area (Å²) < 4.78 is 30.1. The molecular formula is C7H6F2N2O3. The van der Waals surface area contributed by atoms with Gasteiger partial charge in [-0.2, -0.15) is 8.78 Å². The number of hydrogen-bond donors (Lipinski definition) is 1. The van der Waals surface area contributed by atoms with Gasteiger partial charge in [0, 0.05) is 6.07 Å². The molecule has 0 spiro atoms. The van der Waals surface area contributed by atoms with Crippen LogP contribution in [0.15, 0.2) is 12.1 Å². The summed E-state index contributed by atoms with van der Waals surface area (Å²) in [6.07, 6.45) is 0. The SMILES string of the molecule is COc1ccc(C(F)(F)C(=O)O)nn1. The number of aliphatic carboxylic acids is 1. The summed E-state index contributed by atoms with van der Waals surface area (Å²) in [5.41, 5.74) is -0.925. The van der Waals surface area contributed by atoms with Crippen LogP contribution in [0.25, 0.3) is 0 Å². The molecule has 14 heavy (non-hydrogen) atoms. The molecule has 76 valence electrons. The first-order chi connectivity index (χ1) is 6.48. The molecule has 0 saturated carbocycles. The lowest BCUT2D eigenvalue weighted by Gasteiger charge is -2.08. The summed E-state index contributed by atoms with van der Waals surface area (Å²) in [7, 11) is 1.29. The quantitative estimate of drug-likeness (QED) is 0.782. The maximum atomic E-state index is 12.8. The third-order valence-electron chi connectivity index (χ3n) is 1.44. The molecule has 0 bridgehead atoms. The lowest BCUT2D eigenvalue weighted by atomic mass is 10.2. The Kier molecular flexibility index (Phi) is 2.59. The fraction of sp³-hybridized carbons (Fsp3) is 0.286. The van der Waals surface area contributed by atoms with Crippen LogP contribution >= 0.6 is 0 Å². The van der Waals surface area contributed by atoms with E-state index in [2.05, 4.69) is 14.9 Å². The Balaban J connectivity index is 3.02. The molecule has 1 rings (SSSR count). The van der Waals surface area contributed by atoms with Gasteiger partial charge < -0.3 is 9.84 Å². The number of aromatic nitrogens is 2. The average Bonchev–Trinajstić information content (AvgIpc) is 2.17. The Labute approximate surface area is 77.3 Å². The summed E-state index contributed by atoms with van der Waals surface area (Å²) in [4.78, 5) is 10.1. The van der Waals surface area contributed by atoms with E-state index in [1.165, 1.54) is 7.11 Å². The van der Waals surface area contributed by atoms with Crippen LogP contribution in [0.4, 0.5) is 8.78 Å². The van der Waals surface area contributed by atoms with Gasteiger partial charge in [0.2, 0.25) is 5.88 Å². The minimum Gasteiger partial charge on any atom is -0.480 e. The van der Waals surface area contributed by atoms with Crippen molar-refractivity contribution < 1.29 is 23.4 Å². The maximum Gasteiger partial charge on any atom is 0.386 e. The first kappa shape index (κ1) is 10.3. The molecule has 0 aliphatic heterocycles. The van der Waals surface area contributed by atoms with Crippen LogP contribution in [0.5, 0.6) is 5.88 Å². The van der Waals surface area contributed by atoms with E-state index in [1.54, 1.807) is 0 Å². The monoisotopic (exact) mass is 204 g/mol. The molecule has 0 aromatic carbocycles. The van der Waals surface area contributed by atoms with Crippen LogP contribution in [0.3, 0.4) is 0 Å². The zero-order valence-electron chi connectivity index (χ0n) is 7.07. The highest BCUT2D eigenvalue weighted by Gasteiger charge is 2.43. The third kappa shape index (κ3) is 1.76. The predicted octanol–water partition coefficient (Wildman–Crippen LogP) is 0.662. The number of carbonyl (C=O) groups is 1. The van der Waals surface area contributed by atoms with Gasteiger partial charge in [-0.05, 0) is 6.07 Å². The van der Waals surface area contributed by atoms with E-state index in [0.29, 0.717) is 0 Å². The molecule has 0 unspecified atom stereocenters. The van der Waals surface area contributed by atoms with Crippen molar-refractivity contribution in [1.82, 2.24) is 10.2 Å². The number of carboxylic acids is 1. The largest absolute Gasteiger partial charge is 0.480 e. The van der Waals surface area contributed by atoms with Crippen LogP contribution < -0.4 is 4.74 Å². The first-order valence-electron chi connectivity index (χ1n) is 3.48. The molecule has 1 aromatic heterocycles. The Hall–Kier alpha value is -1.79. The fourth-order valence-corrected chi connectivity index (χ4v) is 0.706. The number of nitrogens with zero attached hydrogens (tertiary/aromatic N) is 2. The number of alkyl halides is 2. The van der Waals surface area contributed by atoms with Gasteiger partial charge in [-0.3, -0.25) is 0 Å². The van der Waals surface area contributed by atoms with Gasteiger partial charge in [-0.1, -0.05) is 0 Å². The number of halogens is 2. The van der Waals surface area contributed by atoms with Gasteiger partial charge >= 0.3 is 11.9 Å². The Morgan fingerprint density at radius 3 is 2.50 bits per heavy atom. The molecule has 5 nitrogen and oxygen atoms in total. The molecule has 1 N–H and O–H groups in total. The number of carboxylic acid groups (broad SMARTS) is 1. The molecule has 0 aliphatic carbocycles. The molecule has 0 aliphatic rings. The van der Waals surface area contributed by atoms with Crippen LogP contribution in [0.2, 0.25) is 0 Å². The van der Waals surface area contributed by atoms with E-state index in [9.17, 15) is 13.6 Å². The normalized spacial score (nSPS) is 11.1. The van der Waals surface area contributed by atoms with Crippen molar-refractivity contribution in [2.45, 2.75) is 5.92 Å². The molecule has 1 aromatic rings. The van der Waals surface area contributed by atoms with E-state index in [4.69, 9.17) is 5.11 Å². The smallest absolute Gasteiger partial charge is 0.386 e. The number of hydrogen-bond acceptors (Lipinski definition) is 4. The zero-order chi connectivity index (χ0) is 10.8. The van der Waals surface area contributed by atoms with Crippen LogP contribution in [0.1, 0.15) is 5.69 Å². The summed E-state index contributed by atoms with van der Waals surface area (Å²) in [6, 6.07) is 1.96. The predicted molar refractivity (Wildman–Crippen MR) is 40.1 cm³/mol. The van der Waals surface area contributed by atoms with E-state index in [0.717, 1.165) is 12.1 Å². The van der Waals surface area contributed by atoms with Crippen molar-refractivity contribution in [3.05, 3.63) is 17.8 Å². The minimum absolute atomic E-state index is 0.0370. The highest BCUT2D eigenvalue weighted by Crippen LogP contribution is 2.26. The summed E-state index contributed by atoms with van der Waals surface area (Å²) >= 11 is 0. The highest BCUT2D eigenvalue weighted by atomic mass is 19.3. The number of methoxy groups -OCH3 is 1. The van der Waals surface area contributed by atoms with E-state index >= 15 is 0 Å². The third-order valence-corrected chi connectivity index (χ3v) is 1.44. The van der Waals surface area contributed by atoms with Crippen LogP contribution in [-0.4, -0.2) is 28.4 Å². The van der Waals surface area contributed by atoms with E-state index in [1.807, 2.05) is 0 Å². The average molecular weight is 204 g/mol. The van der Waals surface area contributed by atoms with Crippen molar-refractivity contribution in [3.63, 3.8) is 0 Å². The van der Waals surface area contributed by atoms with Crippen molar-refractivity contribution in [3.8, 4) is 5.88 Å². The fourth-order valence-electron chi connectivity index (χ4n) is 0.706. The molecule has 0 radical (unpaired) electrons. The van der Waals surface area contributed by atoms with Gasteiger partial charge in [0.05, 0.1) is 7.11 Å². The Bertz CT molecular complexity index is 339. The second-order valence-electron chi connectivity index (χ2n) is 2.34. The Morgan fingerprint density at radius 1 is 1.50 bits per heavy atom. The van der Waals surface area contributed by atoms with Gasteiger partial charge in [0.1, 0.15) is 5.69 Å². The molecule has 0 atom stereocenters. The summed E-state index contributed by atoms with van der Waals surface area (Å²) in [6.45, 7) is 0. The van der Waals surface area contributed by atoms with E-state index < -0.39 is 17.6 Å². The van der Waals surface area contributed by atoms with Crippen molar-refractivity contribution in [2.75, 3.05) is 7.11 Å². The first-order valence-corrected chi connectivity index (χ1v) is 3.48. The van der Waals surface area contributed by atoms with Crippen molar-refractivity contribution in [2.24, 2.45) is 0 Å². The molecule has 0 saturated heterocycles.